The highest BCUT2D eigenvalue weighted by atomic mass is 35.5. The lowest BCUT2D eigenvalue weighted by Gasteiger charge is -2.39. The minimum Gasteiger partial charge on any atom is -0.508 e. The Morgan fingerprint density at radius 3 is 2.67 bits per heavy atom. The van der Waals surface area contributed by atoms with Gasteiger partial charge in [-0.1, -0.05) is 12.1 Å². The van der Waals surface area contributed by atoms with Crippen molar-refractivity contribution >= 4 is 17.5 Å². The molecule has 1 fully saturated rings. The molecule has 2 heterocycles. The molecule has 6 nitrogen and oxygen atoms in total. The van der Waals surface area contributed by atoms with Gasteiger partial charge in [-0.05, 0) is 23.8 Å². The van der Waals surface area contributed by atoms with Crippen molar-refractivity contribution in [2.75, 3.05) is 32.1 Å². The van der Waals surface area contributed by atoms with Gasteiger partial charge in [0.15, 0.2) is 0 Å². The first-order valence-electron chi connectivity index (χ1n) is 7.81. The minimum absolute atomic E-state index is 0.0158. The molecule has 3 rings (SSSR count). The van der Waals surface area contributed by atoms with Gasteiger partial charge < -0.3 is 10.0 Å². The summed E-state index contributed by atoms with van der Waals surface area (Å²) >= 11 is 5.64. The zero-order valence-electron chi connectivity index (χ0n) is 13.2. The van der Waals surface area contributed by atoms with E-state index in [0.717, 1.165) is 11.3 Å². The minimum atomic E-state index is -0.0895. The van der Waals surface area contributed by atoms with Crippen molar-refractivity contribution in [1.29, 1.82) is 0 Å². The number of alkyl halides is 1. The van der Waals surface area contributed by atoms with E-state index in [0.29, 0.717) is 26.2 Å². The normalized spacial score (nSPS) is 16.8. The molecule has 0 radical (unpaired) electrons. The van der Waals surface area contributed by atoms with Gasteiger partial charge in [0, 0.05) is 32.4 Å². The number of hydrogen-bond donors (Lipinski definition) is 1. The number of carbonyl (C=O) groups excluding carboxylic acids is 1. The first-order chi connectivity index (χ1) is 11.7. The third kappa shape index (κ3) is 3.66. The average molecular weight is 347 g/mol. The fourth-order valence-corrected chi connectivity index (χ4v) is 3.21. The van der Waals surface area contributed by atoms with Crippen LogP contribution in [-0.2, 0) is 4.79 Å². The van der Waals surface area contributed by atoms with Crippen LogP contribution in [0.2, 0.25) is 0 Å². The van der Waals surface area contributed by atoms with Gasteiger partial charge in [0.1, 0.15) is 18.0 Å². The van der Waals surface area contributed by atoms with Crippen molar-refractivity contribution in [3.8, 4) is 5.75 Å². The molecule has 1 aliphatic rings. The number of phenolic OH excluding ortho intramolecular Hbond substituents is 1. The smallest absolute Gasteiger partial charge is 0.237 e. The fraction of sp³-hybridized carbons (Fsp3) is 0.353. The Kier molecular flexibility index (Phi) is 5.27. The van der Waals surface area contributed by atoms with Gasteiger partial charge in [0.25, 0.3) is 0 Å². The summed E-state index contributed by atoms with van der Waals surface area (Å²) in [5, 5.41) is 9.84. The molecule has 1 aliphatic heterocycles. The van der Waals surface area contributed by atoms with Gasteiger partial charge in [0.05, 0.1) is 11.7 Å². The largest absolute Gasteiger partial charge is 0.508 e. The van der Waals surface area contributed by atoms with Crippen LogP contribution < -0.4 is 0 Å². The molecule has 24 heavy (non-hydrogen) atoms. The van der Waals surface area contributed by atoms with Crippen LogP contribution in [0.1, 0.15) is 17.3 Å². The van der Waals surface area contributed by atoms with Crippen molar-refractivity contribution < 1.29 is 9.90 Å². The summed E-state index contributed by atoms with van der Waals surface area (Å²) in [7, 11) is 0. The Hall–Kier alpha value is -2.18. The number of rotatable bonds is 4. The number of benzene rings is 1. The van der Waals surface area contributed by atoms with E-state index < -0.39 is 0 Å². The van der Waals surface area contributed by atoms with E-state index in [1.807, 2.05) is 18.2 Å². The Balaban J connectivity index is 1.85. The van der Waals surface area contributed by atoms with Gasteiger partial charge in [-0.25, -0.2) is 9.97 Å². The van der Waals surface area contributed by atoms with Gasteiger partial charge >= 0.3 is 0 Å². The van der Waals surface area contributed by atoms with Gasteiger partial charge in [-0.2, -0.15) is 0 Å². The molecule has 1 amide bonds. The monoisotopic (exact) mass is 346 g/mol. The lowest BCUT2D eigenvalue weighted by Crippen LogP contribution is -2.50. The van der Waals surface area contributed by atoms with Gasteiger partial charge in [-0.3, -0.25) is 9.69 Å². The standard InChI is InChI=1S/C17H19ClN4O2/c18-11-16(24)21-6-8-22(9-7-21)17(15-4-5-19-12-20-15)13-2-1-3-14(23)10-13/h1-5,10,12,17,23H,6-9,11H2/t17-/m0/s1. The highest BCUT2D eigenvalue weighted by Crippen LogP contribution is 2.29. The third-order valence-electron chi connectivity index (χ3n) is 4.22. The van der Waals surface area contributed by atoms with Crippen molar-refractivity contribution in [2.45, 2.75) is 6.04 Å². The number of nitrogens with zero attached hydrogens (tertiary/aromatic N) is 4. The second-order valence-electron chi connectivity index (χ2n) is 5.68. The average Bonchev–Trinajstić information content (AvgIpc) is 2.63. The SMILES string of the molecule is O=C(CCl)N1CCN([C@@H](c2cccc(O)c2)c2ccncn2)CC1. The maximum absolute atomic E-state index is 11.7. The summed E-state index contributed by atoms with van der Waals surface area (Å²) in [6.07, 6.45) is 3.24. The predicted octanol–water partition coefficient (Wildman–Crippen LogP) is 1.65. The molecule has 0 aliphatic carbocycles. The van der Waals surface area contributed by atoms with Crippen LogP contribution in [0.25, 0.3) is 0 Å². The molecule has 1 aromatic carbocycles. The van der Waals surface area contributed by atoms with Crippen LogP contribution in [0, 0.1) is 0 Å². The van der Waals surface area contributed by atoms with E-state index in [9.17, 15) is 9.90 Å². The van der Waals surface area contributed by atoms with Crippen molar-refractivity contribution in [3.63, 3.8) is 0 Å². The quantitative estimate of drug-likeness (QED) is 0.853. The molecule has 0 bridgehead atoms. The topological polar surface area (TPSA) is 69.6 Å². The molecule has 0 unspecified atom stereocenters. The van der Waals surface area contributed by atoms with Crippen molar-refractivity contribution in [1.82, 2.24) is 19.8 Å². The van der Waals surface area contributed by atoms with E-state index in [4.69, 9.17) is 11.6 Å². The molecule has 126 valence electrons. The Labute approximate surface area is 145 Å². The van der Waals surface area contributed by atoms with Gasteiger partial charge in [-0.15, -0.1) is 11.6 Å². The number of piperazine rings is 1. The fourth-order valence-electron chi connectivity index (χ4n) is 3.04. The first kappa shape index (κ1) is 16.7. The number of halogens is 1. The molecule has 1 N–H and O–H groups in total. The van der Waals surface area contributed by atoms with Crippen LogP contribution >= 0.6 is 11.6 Å². The van der Waals surface area contributed by atoms with Crippen LogP contribution in [0.15, 0.2) is 42.9 Å². The summed E-state index contributed by atoms with van der Waals surface area (Å²) in [5.74, 6) is 0.205. The Bertz CT molecular complexity index is 690. The molecular weight excluding hydrogens is 328 g/mol. The Morgan fingerprint density at radius 1 is 1.25 bits per heavy atom. The molecule has 1 atom stereocenters. The zero-order valence-corrected chi connectivity index (χ0v) is 13.9. The molecule has 1 saturated heterocycles. The Morgan fingerprint density at radius 2 is 2.04 bits per heavy atom. The summed E-state index contributed by atoms with van der Waals surface area (Å²) in [4.78, 5) is 24.2. The molecule has 0 spiro atoms. The van der Waals surface area contributed by atoms with E-state index in [-0.39, 0.29) is 23.6 Å². The molecule has 2 aromatic rings. The van der Waals surface area contributed by atoms with Crippen molar-refractivity contribution in [3.05, 3.63) is 54.1 Å². The van der Waals surface area contributed by atoms with Crippen LogP contribution in [0.3, 0.4) is 0 Å². The first-order valence-corrected chi connectivity index (χ1v) is 8.35. The van der Waals surface area contributed by atoms with Crippen LogP contribution in [0.4, 0.5) is 0 Å². The maximum atomic E-state index is 11.7. The number of hydrogen-bond acceptors (Lipinski definition) is 5. The van der Waals surface area contributed by atoms with E-state index in [2.05, 4.69) is 14.9 Å². The lowest BCUT2D eigenvalue weighted by molar-refractivity contribution is -0.130. The van der Waals surface area contributed by atoms with E-state index in [1.165, 1.54) is 6.33 Å². The maximum Gasteiger partial charge on any atom is 0.237 e. The number of aromatic hydroxyl groups is 1. The number of aromatic nitrogens is 2. The predicted molar refractivity (Wildman–Crippen MR) is 90.9 cm³/mol. The highest BCUT2D eigenvalue weighted by molar-refractivity contribution is 6.27. The summed E-state index contributed by atoms with van der Waals surface area (Å²) in [6.45, 7) is 2.69. The second kappa shape index (κ2) is 7.59. The van der Waals surface area contributed by atoms with Gasteiger partial charge in [0.2, 0.25) is 5.91 Å². The number of phenols is 1. The second-order valence-corrected chi connectivity index (χ2v) is 5.95. The van der Waals surface area contributed by atoms with E-state index >= 15 is 0 Å². The van der Waals surface area contributed by atoms with E-state index in [1.54, 1.807) is 23.2 Å². The molecule has 7 heteroatoms. The number of amides is 1. The third-order valence-corrected chi connectivity index (χ3v) is 4.45. The van der Waals surface area contributed by atoms with Crippen LogP contribution in [-0.4, -0.2) is 62.8 Å². The molecule has 1 aromatic heterocycles. The molecular formula is C17H19ClN4O2. The number of carbonyl (C=O) groups is 1. The van der Waals surface area contributed by atoms with Crippen LogP contribution in [0.5, 0.6) is 5.75 Å². The summed E-state index contributed by atoms with van der Waals surface area (Å²) in [6, 6.07) is 8.99. The van der Waals surface area contributed by atoms with Crippen molar-refractivity contribution in [2.24, 2.45) is 0 Å². The highest BCUT2D eigenvalue weighted by Gasteiger charge is 2.28. The zero-order chi connectivity index (χ0) is 16.9. The summed E-state index contributed by atoms with van der Waals surface area (Å²) < 4.78 is 0. The molecule has 0 saturated carbocycles. The summed E-state index contributed by atoms with van der Waals surface area (Å²) in [5.41, 5.74) is 1.83. The lowest BCUT2D eigenvalue weighted by atomic mass is 10.0.